The summed E-state index contributed by atoms with van der Waals surface area (Å²) in [6, 6.07) is 0. The highest BCUT2D eigenvalue weighted by molar-refractivity contribution is 5.79. The van der Waals surface area contributed by atoms with Gasteiger partial charge in [0, 0.05) is 11.3 Å². The van der Waals surface area contributed by atoms with Crippen molar-refractivity contribution < 1.29 is 60.2 Å². The number of hydrogen-bond acceptors (Lipinski definition) is 12. The number of ether oxygens (including phenoxy) is 2. The monoisotopic (exact) mass is 682 g/mol. The minimum atomic E-state index is -1.74. The predicted molar refractivity (Wildman–Crippen MR) is 171 cm³/mol. The van der Waals surface area contributed by atoms with Gasteiger partial charge in [0.25, 0.3) is 0 Å². The fourth-order valence-electron chi connectivity index (χ4n) is 12.2. The molecule has 0 amide bonds. The van der Waals surface area contributed by atoms with Crippen molar-refractivity contribution in [3.05, 3.63) is 11.6 Å². The van der Waals surface area contributed by atoms with Gasteiger partial charge in [-0.3, -0.25) is 4.79 Å². The molecule has 1 saturated heterocycles. The van der Waals surface area contributed by atoms with Crippen LogP contribution in [0.4, 0.5) is 0 Å². The molecule has 0 unspecified atom stereocenters. The minimum Gasteiger partial charge on any atom is -0.432 e. The van der Waals surface area contributed by atoms with Crippen LogP contribution < -0.4 is 0 Å². The van der Waals surface area contributed by atoms with Gasteiger partial charge in [-0.2, -0.15) is 0 Å². The van der Waals surface area contributed by atoms with Gasteiger partial charge in [0.2, 0.25) is 6.29 Å². The second-order valence-corrected chi connectivity index (χ2v) is 17.7. The number of aliphatic hydroxyl groups excluding tert-OH is 9. The lowest BCUT2D eigenvalue weighted by molar-refractivity contribution is -0.298. The van der Waals surface area contributed by atoms with Crippen LogP contribution >= 0.6 is 0 Å². The second-order valence-electron chi connectivity index (χ2n) is 17.7. The van der Waals surface area contributed by atoms with Crippen LogP contribution in [-0.4, -0.2) is 121 Å². The van der Waals surface area contributed by atoms with Gasteiger partial charge >= 0.3 is 5.97 Å². The van der Waals surface area contributed by atoms with E-state index in [0.717, 1.165) is 12.0 Å². The first kappa shape index (κ1) is 36.6. The Kier molecular flexibility index (Phi) is 9.10. The third-order valence-corrected chi connectivity index (χ3v) is 15.5. The van der Waals surface area contributed by atoms with Crippen molar-refractivity contribution in [3.63, 3.8) is 0 Å². The van der Waals surface area contributed by atoms with Gasteiger partial charge in [-0.15, -0.1) is 0 Å². The molecular weight excluding hydrogens is 624 g/mol. The van der Waals surface area contributed by atoms with E-state index in [1.807, 2.05) is 13.8 Å². The SMILES string of the molecule is CC1(C)CC[C@]2(C(=O)O[C@@H]3O[C@H](CO)[C@@H](O)[C@H](O)[C@H]3O)CC[C@]3(C)C(=CC[C@H]4[C@@]5(C)C[C@@H](O)[C@H](O)C(CO)(CO)[C@H]5CC[C@]43C)[C@H]2[C@@H]1O. The predicted octanol–water partition coefficient (Wildman–Crippen LogP) is 0.379. The minimum absolute atomic E-state index is 0.0134. The topological polar surface area (TPSA) is 218 Å². The van der Waals surface area contributed by atoms with Crippen LogP contribution in [0.5, 0.6) is 0 Å². The number of esters is 1. The number of rotatable bonds is 5. The summed E-state index contributed by atoms with van der Waals surface area (Å²) in [6.45, 7) is 9.07. The molecule has 0 spiro atoms. The summed E-state index contributed by atoms with van der Waals surface area (Å²) < 4.78 is 11.4. The molecule has 0 aromatic carbocycles. The summed E-state index contributed by atoms with van der Waals surface area (Å²) >= 11 is 0. The summed E-state index contributed by atoms with van der Waals surface area (Å²) in [5, 5.41) is 96.6. The van der Waals surface area contributed by atoms with E-state index in [0.29, 0.717) is 44.9 Å². The van der Waals surface area contributed by atoms with E-state index in [-0.39, 0.29) is 17.3 Å². The molecule has 4 saturated carbocycles. The first-order valence-electron chi connectivity index (χ1n) is 17.8. The average molecular weight is 683 g/mol. The Labute approximate surface area is 282 Å². The van der Waals surface area contributed by atoms with Gasteiger partial charge < -0.3 is 55.4 Å². The zero-order valence-electron chi connectivity index (χ0n) is 29.0. The van der Waals surface area contributed by atoms with Crippen molar-refractivity contribution >= 4 is 5.97 Å². The fourth-order valence-corrected chi connectivity index (χ4v) is 12.2. The maximum atomic E-state index is 14.4. The Hall–Kier alpha value is -1.19. The van der Waals surface area contributed by atoms with Crippen LogP contribution in [-0.2, 0) is 14.3 Å². The molecule has 0 bridgehead atoms. The van der Waals surface area contributed by atoms with Gasteiger partial charge in [0.1, 0.15) is 24.4 Å². The normalized spacial score (nSPS) is 52.5. The molecule has 6 aliphatic rings. The summed E-state index contributed by atoms with van der Waals surface area (Å²) in [5.41, 5.74) is -3.27. The van der Waals surface area contributed by atoms with Crippen molar-refractivity contribution in [1.29, 1.82) is 0 Å². The van der Waals surface area contributed by atoms with Crippen molar-refractivity contribution in [3.8, 4) is 0 Å². The molecule has 274 valence electrons. The highest BCUT2D eigenvalue weighted by Gasteiger charge is 2.72. The summed E-state index contributed by atoms with van der Waals surface area (Å²) in [6.07, 6.45) is -4.76. The third-order valence-electron chi connectivity index (χ3n) is 15.5. The number of aliphatic hydroxyl groups is 9. The molecule has 1 aliphatic heterocycles. The Bertz CT molecular complexity index is 1280. The smallest absolute Gasteiger partial charge is 0.315 e. The maximum Gasteiger partial charge on any atom is 0.315 e. The molecule has 15 atom stereocenters. The highest BCUT2D eigenvalue weighted by atomic mass is 16.7. The summed E-state index contributed by atoms with van der Waals surface area (Å²) in [5.74, 6) is -1.49. The van der Waals surface area contributed by atoms with Gasteiger partial charge in [-0.1, -0.05) is 46.3 Å². The number of hydrogen-bond donors (Lipinski definition) is 9. The van der Waals surface area contributed by atoms with E-state index < -0.39 is 108 Å². The molecule has 0 aromatic rings. The van der Waals surface area contributed by atoms with Crippen LogP contribution in [0.1, 0.15) is 86.0 Å². The fraction of sp³-hybridized carbons (Fsp3) is 0.917. The van der Waals surface area contributed by atoms with E-state index >= 15 is 0 Å². The lowest BCUT2D eigenvalue weighted by Crippen LogP contribution is -2.70. The molecule has 0 aromatic heterocycles. The highest BCUT2D eigenvalue weighted by Crippen LogP contribution is 2.76. The van der Waals surface area contributed by atoms with Gasteiger partial charge in [0.05, 0.1) is 43.5 Å². The summed E-state index contributed by atoms with van der Waals surface area (Å²) in [4.78, 5) is 14.4. The molecule has 0 radical (unpaired) electrons. The van der Waals surface area contributed by atoms with Crippen molar-refractivity contribution in [2.75, 3.05) is 19.8 Å². The standard InChI is InChI=1S/C36H58O12/c1-31(2)10-12-35(30(46)48-29-26(43)25(42)24(41)20(15-37)47-29)13-11-33(4)18(23(35)28(31)45)6-7-21-32(3)14-19(40)27(44)36(16-38,17-39)22(32)8-9-34(21,33)5/h6,19-29,37-45H,7-17H2,1-5H3/t19-,20-,21+,22+,23+,24-,25+,26-,27+,28+,29+,32-,33-,34-,35+/m1/s1. The zero-order valence-corrected chi connectivity index (χ0v) is 29.0. The van der Waals surface area contributed by atoms with E-state index in [2.05, 4.69) is 26.8 Å². The van der Waals surface area contributed by atoms with Crippen LogP contribution in [0.15, 0.2) is 11.6 Å². The Balaban J connectivity index is 1.39. The number of allylic oxidation sites excluding steroid dienone is 1. The average Bonchev–Trinajstić information content (AvgIpc) is 3.04. The van der Waals surface area contributed by atoms with Crippen molar-refractivity contribution in [1.82, 2.24) is 0 Å². The Morgan fingerprint density at radius 1 is 0.833 bits per heavy atom. The number of carbonyl (C=O) groups is 1. The van der Waals surface area contributed by atoms with Crippen LogP contribution in [0.2, 0.25) is 0 Å². The first-order valence-corrected chi connectivity index (χ1v) is 17.8. The molecule has 9 N–H and O–H groups in total. The molecule has 48 heavy (non-hydrogen) atoms. The van der Waals surface area contributed by atoms with E-state index in [1.165, 1.54) is 0 Å². The second kappa shape index (κ2) is 11.9. The van der Waals surface area contributed by atoms with E-state index in [9.17, 15) is 50.8 Å². The van der Waals surface area contributed by atoms with Crippen LogP contribution in [0.3, 0.4) is 0 Å². The Morgan fingerprint density at radius 2 is 1.48 bits per heavy atom. The zero-order chi connectivity index (χ0) is 35.4. The third kappa shape index (κ3) is 4.66. The van der Waals surface area contributed by atoms with E-state index in [1.54, 1.807) is 0 Å². The first-order chi connectivity index (χ1) is 22.3. The van der Waals surface area contributed by atoms with Gasteiger partial charge in [-0.05, 0) is 84.9 Å². The van der Waals surface area contributed by atoms with Gasteiger partial charge in [-0.25, -0.2) is 0 Å². The lowest BCUT2D eigenvalue weighted by Gasteiger charge is -2.72. The van der Waals surface area contributed by atoms with E-state index in [4.69, 9.17) is 9.47 Å². The molecule has 12 nitrogen and oxygen atoms in total. The van der Waals surface area contributed by atoms with Crippen molar-refractivity contribution in [2.45, 2.75) is 135 Å². The molecule has 6 rings (SSSR count). The molecular formula is C36H58O12. The van der Waals surface area contributed by atoms with Gasteiger partial charge in [0.15, 0.2) is 0 Å². The Morgan fingerprint density at radius 3 is 2.10 bits per heavy atom. The number of carbonyl (C=O) groups excluding carboxylic acids is 1. The molecule has 5 fully saturated rings. The molecule has 1 heterocycles. The maximum absolute atomic E-state index is 14.4. The van der Waals surface area contributed by atoms with Crippen LogP contribution in [0, 0.1) is 50.2 Å². The van der Waals surface area contributed by atoms with Crippen molar-refractivity contribution in [2.24, 2.45) is 50.2 Å². The summed E-state index contributed by atoms with van der Waals surface area (Å²) in [7, 11) is 0. The number of fused-ring (bicyclic) bond motifs is 7. The lowest BCUT2D eigenvalue weighted by atomic mass is 9.33. The largest absolute Gasteiger partial charge is 0.432 e. The quantitative estimate of drug-likeness (QED) is 0.142. The van der Waals surface area contributed by atoms with Crippen LogP contribution in [0.25, 0.3) is 0 Å². The molecule has 12 heteroatoms. The molecule has 5 aliphatic carbocycles.